The van der Waals surface area contributed by atoms with Crippen LogP contribution in [0, 0.1) is 0 Å². The Morgan fingerprint density at radius 1 is 0.958 bits per heavy atom. The molecular weight excluding hydrogens is 364 g/mol. The summed E-state index contributed by atoms with van der Waals surface area (Å²) in [5.41, 5.74) is 2.36. The van der Waals surface area contributed by atoms with Gasteiger partial charge >= 0.3 is 0 Å². The van der Waals surface area contributed by atoms with E-state index in [4.69, 9.17) is 0 Å². The molecule has 0 heterocycles. The monoisotopic (exact) mass is 388 g/mol. The zero-order valence-electron chi connectivity index (χ0n) is 14.4. The topological polar surface area (TPSA) is 23.6 Å². The first-order chi connectivity index (χ1) is 11.5. The highest BCUT2D eigenvalue weighted by molar-refractivity contribution is 9.10. The van der Waals surface area contributed by atoms with Gasteiger partial charge in [0.05, 0.1) is 0 Å². The molecule has 2 aromatic carbocycles. The first-order valence-electron chi connectivity index (χ1n) is 8.25. The Labute approximate surface area is 153 Å². The van der Waals surface area contributed by atoms with Crippen molar-refractivity contribution in [2.24, 2.45) is 0 Å². The summed E-state index contributed by atoms with van der Waals surface area (Å²) in [5.74, 6) is 0.209. The van der Waals surface area contributed by atoms with Crippen LogP contribution in [0.3, 0.4) is 0 Å². The summed E-state index contributed by atoms with van der Waals surface area (Å²) in [6.07, 6.45) is 1.31. The van der Waals surface area contributed by atoms with E-state index in [2.05, 4.69) is 45.1 Å². The fourth-order valence-electron chi connectivity index (χ4n) is 2.52. The van der Waals surface area contributed by atoms with Crippen molar-refractivity contribution >= 4 is 21.8 Å². The van der Waals surface area contributed by atoms with Crippen LogP contribution >= 0.6 is 15.9 Å². The SMILES string of the molecule is CN(C)CCN(Cc1ccccc1)C(=O)CCc1cccc(Br)c1. The van der Waals surface area contributed by atoms with E-state index < -0.39 is 0 Å². The molecule has 0 bridgehead atoms. The van der Waals surface area contributed by atoms with Crippen LogP contribution in [0.1, 0.15) is 17.5 Å². The summed E-state index contributed by atoms with van der Waals surface area (Å²) in [5, 5.41) is 0. The number of rotatable bonds is 8. The van der Waals surface area contributed by atoms with Crippen LogP contribution in [-0.4, -0.2) is 42.9 Å². The number of amides is 1. The molecule has 0 saturated heterocycles. The predicted octanol–water partition coefficient (Wildman–Crippen LogP) is 3.97. The number of likely N-dealkylation sites (N-methyl/N-ethyl adjacent to an activating group) is 1. The normalized spacial score (nSPS) is 10.8. The molecule has 3 nitrogen and oxygen atoms in total. The third-order valence-corrected chi connectivity index (χ3v) is 4.40. The van der Waals surface area contributed by atoms with Crippen LogP contribution in [-0.2, 0) is 17.8 Å². The Kier molecular flexibility index (Phi) is 7.47. The molecule has 4 heteroatoms. The largest absolute Gasteiger partial charge is 0.337 e. The highest BCUT2D eigenvalue weighted by Gasteiger charge is 2.14. The van der Waals surface area contributed by atoms with E-state index in [9.17, 15) is 4.79 Å². The molecule has 1 amide bonds. The zero-order valence-corrected chi connectivity index (χ0v) is 16.0. The van der Waals surface area contributed by atoms with Crippen molar-refractivity contribution < 1.29 is 4.79 Å². The summed E-state index contributed by atoms with van der Waals surface area (Å²) in [6.45, 7) is 2.29. The van der Waals surface area contributed by atoms with Gasteiger partial charge in [-0.2, -0.15) is 0 Å². The molecule has 0 unspecified atom stereocenters. The van der Waals surface area contributed by atoms with Crippen molar-refractivity contribution in [2.75, 3.05) is 27.2 Å². The lowest BCUT2D eigenvalue weighted by molar-refractivity contribution is -0.131. The van der Waals surface area contributed by atoms with Crippen LogP contribution < -0.4 is 0 Å². The fourth-order valence-corrected chi connectivity index (χ4v) is 2.96. The first-order valence-corrected chi connectivity index (χ1v) is 9.05. The van der Waals surface area contributed by atoms with Gasteiger partial charge in [-0.3, -0.25) is 4.79 Å². The second kappa shape index (κ2) is 9.60. The van der Waals surface area contributed by atoms with E-state index in [0.29, 0.717) is 13.0 Å². The highest BCUT2D eigenvalue weighted by Crippen LogP contribution is 2.14. The van der Waals surface area contributed by atoms with Crippen LogP contribution in [0.5, 0.6) is 0 Å². The highest BCUT2D eigenvalue weighted by atomic mass is 79.9. The third kappa shape index (κ3) is 6.46. The van der Waals surface area contributed by atoms with E-state index in [0.717, 1.165) is 24.0 Å². The van der Waals surface area contributed by atoms with Gasteiger partial charge in [0.1, 0.15) is 0 Å². The number of carbonyl (C=O) groups is 1. The smallest absolute Gasteiger partial charge is 0.223 e. The zero-order chi connectivity index (χ0) is 17.4. The maximum Gasteiger partial charge on any atom is 0.223 e. The molecule has 0 radical (unpaired) electrons. The Bertz CT molecular complexity index is 643. The molecule has 0 fully saturated rings. The molecule has 128 valence electrons. The second-order valence-electron chi connectivity index (χ2n) is 6.23. The van der Waals surface area contributed by atoms with Crippen LogP contribution in [0.15, 0.2) is 59.1 Å². The molecular formula is C20H25BrN2O. The predicted molar refractivity (Wildman–Crippen MR) is 103 cm³/mol. The van der Waals surface area contributed by atoms with Gasteiger partial charge in [-0.1, -0.05) is 58.4 Å². The van der Waals surface area contributed by atoms with Gasteiger partial charge in [-0.25, -0.2) is 0 Å². The van der Waals surface area contributed by atoms with Gasteiger partial charge in [0.15, 0.2) is 0 Å². The van der Waals surface area contributed by atoms with Crippen LogP contribution in [0.25, 0.3) is 0 Å². The first kappa shape index (κ1) is 18.7. The number of hydrogen-bond donors (Lipinski definition) is 0. The molecule has 2 rings (SSSR count). The molecule has 0 aliphatic heterocycles. The Morgan fingerprint density at radius 3 is 2.33 bits per heavy atom. The minimum Gasteiger partial charge on any atom is -0.337 e. The summed E-state index contributed by atoms with van der Waals surface area (Å²) in [7, 11) is 4.07. The van der Waals surface area contributed by atoms with Gasteiger partial charge < -0.3 is 9.80 Å². The Balaban J connectivity index is 1.97. The van der Waals surface area contributed by atoms with Crippen LogP contribution in [0.4, 0.5) is 0 Å². The summed E-state index contributed by atoms with van der Waals surface area (Å²) in [6, 6.07) is 18.4. The maximum atomic E-state index is 12.7. The quantitative estimate of drug-likeness (QED) is 0.682. The number of aryl methyl sites for hydroxylation is 1. The van der Waals surface area contributed by atoms with Gasteiger partial charge in [-0.15, -0.1) is 0 Å². The molecule has 0 aromatic heterocycles. The fraction of sp³-hybridized carbons (Fsp3) is 0.350. The molecule has 0 atom stereocenters. The molecule has 0 aliphatic carbocycles. The minimum atomic E-state index is 0.209. The van der Waals surface area contributed by atoms with Gasteiger partial charge in [-0.05, 0) is 43.8 Å². The molecule has 2 aromatic rings. The molecule has 24 heavy (non-hydrogen) atoms. The second-order valence-corrected chi connectivity index (χ2v) is 7.15. The average molecular weight is 389 g/mol. The lowest BCUT2D eigenvalue weighted by Crippen LogP contribution is -2.36. The van der Waals surface area contributed by atoms with Gasteiger partial charge in [0.25, 0.3) is 0 Å². The number of nitrogens with zero attached hydrogens (tertiary/aromatic N) is 2. The van der Waals surface area contributed by atoms with Crippen molar-refractivity contribution in [3.63, 3.8) is 0 Å². The van der Waals surface area contributed by atoms with Crippen molar-refractivity contribution in [2.45, 2.75) is 19.4 Å². The Morgan fingerprint density at radius 2 is 1.67 bits per heavy atom. The van der Waals surface area contributed by atoms with E-state index in [1.54, 1.807) is 0 Å². The minimum absolute atomic E-state index is 0.209. The number of benzene rings is 2. The summed E-state index contributed by atoms with van der Waals surface area (Å²) in [4.78, 5) is 16.8. The van der Waals surface area contributed by atoms with Crippen molar-refractivity contribution in [3.05, 3.63) is 70.2 Å². The molecule has 0 saturated carbocycles. The van der Waals surface area contributed by atoms with E-state index in [1.807, 2.05) is 49.3 Å². The molecule has 0 N–H and O–H groups in total. The average Bonchev–Trinajstić information content (AvgIpc) is 2.57. The van der Waals surface area contributed by atoms with E-state index in [1.165, 1.54) is 11.1 Å². The Hall–Kier alpha value is -1.65. The van der Waals surface area contributed by atoms with Crippen LogP contribution in [0.2, 0.25) is 0 Å². The van der Waals surface area contributed by atoms with Gasteiger partial charge in [0.2, 0.25) is 5.91 Å². The van der Waals surface area contributed by atoms with Gasteiger partial charge in [0, 0.05) is 30.5 Å². The lowest BCUT2D eigenvalue weighted by atomic mass is 10.1. The van der Waals surface area contributed by atoms with E-state index >= 15 is 0 Å². The molecule has 0 aliphatic rings. The van der Waals surface area contributed by atoms with Crippen molar-refractivity contribution in [3.8, 4) is 0 Å². The van der Waals surface area contributed by atoms with E-state index in [-0.39, 0.29) is 5.91 Å². The molecule has 0 spiro atoms. The standard InChI is InChI=1S/C20H25BrN2O/c1-22(2)13-14-23(16-18-7-4-3-5-8-18)20(24)12-11-17-9-6-10-19(21)15-17/h3-10,15H,11-14,16H2,1-2H3. The number of hydrogen-bond acceptors (Lipinski definition) is 2. The summed E-state index contributed by atoms with van der Waals surface area (Å²) < 4.78 is 1.06. The maximum absolute atomic E-state index is 12.7. The van der Waals surface area contributed by atoms with Crippen molar-refractivity contribution in [1.82, 2.24) is 9.80 Å². The van der Waals surface area contributed by atoms with Crippen molar-refractivity contribution in [1.29, 1.82) is 0 Å². The number of carbonyl (C=O) groups excluding carboxylic acids is 1. The number of halogens is 1. The summed E-state index contributed by atoms with van der Waals surface area (Å²) >= 11 is 3.48. The third-order valence-electron chi connectivity index (χ3n) is 3.90. The lowest BCUT2D eigenvalue weighted by Gasteiger charge is -2.24.